The van der Waals surface area contributed by atoms with E-state index in [0.717, 1.165) is 101 Å². The maximum absolute atomic E-state index is 5.31. The molecule has 1 aliphatic carbocycles. The Morgan fingerprint density at radius 3 is 1.25 bits per heavy atom. The molecule has 1 aliphatic rings. The first kappa shape index (κ1) is 42.5. The lowest BCUT2D eigenvalue weighted by Gasteiger charge is -2.27. The highest BCUT2D eigenvalue weighted by Crippen LogP contribution is 2.47. The predicted octanol–water partition coefficient (Wildman–Crippen LogP) is 17.3. The van der Waals surface area contributed by atoms with Gasteiger partial charge in [-0.25, -0.2) is 15.0 Å². The van der Waals surface area contributed by atoms with E-state index < -0.39 is 0 Å². The summed E-state index contributed by atoms with van der Waals surface area (Å²) >= 11 is 0. The summed E-state index contributed by atoms with van der Waals surface area (Å²) < 4.78 is 2.49. The maximum atomic E-state index is 5.31. The van der Waals surface area contributed by atoms with Crippen LogP contribution in [0.5, 0.6) is 0 Å². The number of allylic oxidation sites excluding steroid dienone is 5. The van der Waals surface area contributed by atoms with Crippen molar-refractivity contribution >= 4 is 71.8 Å². The molecule has 0 aliphatic heterocycles. The Kier molecular flexibility index (Phi) is 10.8. The van der Waals surface area contributed by atoms with Gasteiger partial charge in [0, 0.05) is 78.8 Å². The zero-order valence-corrected chi connectivity index (χ0v) is 39.3. The van der Waals surface area contributed by atoms with Gasteiger partial charge in [-0.2, -0.15) is 0 Å². The number of para-hydroxylation sites is 3. The fourth-order valence-electron chi connectivity index (χ4n) is 10.4. The predicted molar refractivity (Wildman–Crippen MR) is 300 cm³/mol. The average molecular weight is 923 g/mol. The summed E-state index contributed by atoms with van der Waals surface area (Å²) in [4.78, 5) is 20.4. The molecule has 340 valence electrons. The highest BCUT2D eigenvalue weighted by molar-refractivity contribution is 6.21. The van der Waals surface area contributed by atoms with Gasteiger partial charge in [-0.15, -0.1) is 0 Å². The summed E-state index contributed by atoms with van der Waals surface area (Å²) in [5.41, 5.74) is 12.7. The first-order valence-corrected chi connectivity index (χ1v) is 24.4. The monoisotopic (exact) mass is 922 g/mol. The van der Waals surface area contributed by atoms with Crippen LogP contribution in [0.15, 0.2) is 273 Å². The standard InChI is InChI=1S/C66H46N6/c1-2-13-29-48(28-12-1)70(49-30-14-5-15-31-49)52-40-42-60-58(44-52)59-45-53(71(50-32-16-6-17-33-50)51-34-18-7-19-35-51)41-43-61(59)72(60)63-56-38-22-20-36-54(56)62(55-37-21-23-39-57(55)63)66-68-64(46-24-8-3-9-25-46)67-65(69-66)47-26-10-4-11-27-47/h1-28,30-45H,29H2. The Labute approximate surface area is 418 Å². The minimum Gasteiger partial charge on any atom is -0.314 e. The van der Waals surface area contributed by atoms with Crippen LogP contribution >= 0.6 is 0 Å². The van der Waals surface area contributed by atoms with Crippen LogP contribution in [-0.2, 0) is 0 Å². The molecule has 0 atom stereocenters. The van der Waals surface area contributed by atoms with Crippen LogP contribution in [0.3, 0.4) is 0 Å². The first-order valence-electron chi connectivity index (χ1n) is 24.4. The van der Waals surface area contributed by atoms with Gasteiger partial charge in [-0.3, -0.25) is 0 Å². The van der Waals surface area contributed by atoms with Crippen LogP contribution in [-0.4, -0.2) is 19.5 Å². The average Bonchev–Trinajstić information content (AvgIpc) is 3.54. The van der Waals surface area contributed by atoms with Crippen LogP contribution in [0.1, 0.15) is 6.42 Å². The van der Waals surface area contributed by atoms with Gasteiger partial charge >= 0.3 is 0 Å². The minimum absolute atomic E-state index is 0.624. The van der Waals surface area contributed by atoms with Crippen molar-refractivity contribution in [3.63, 3.8) is 0 Å². The van der Waals surface area contributed by atoms with E-state index in [-0.39, 0.29) is 0 Å². The Morgan fingerprint density at radius 1 is 0.333 bits per heavy atom. The molecule has 2 aromatic heterocycles. The van der Waals surface area contributed by atoms with E-state index in [4.69, 9.17) is 15.0 Å². The molecule has 0 bridgehead atoms. The van der Waals surface area contributed by atoms with E-state index >= 15 is 0 Å². The number of benzene rings is 10. The van der Waals surface area contributed by atoms with Crippen molar-refractivity contribution in [1.29, 1.82) is 0 Å². The van der Waals surface area contributed by atoms with Crippen molar-refractivity contribution in [1.82, 2.24) is 19.5 Å². The number of fused-ring (bicyclic) bond motifs is 5. The number of hydrogen-bond acceptors (Lipinski definition) is 5. The third kappa shape index (κ3) is 7.59. The minimum atomic E-state index is 0.624. The summed E-state index contributed by atoms with van der Waals surface area (Å²) in [5.74, 6) is 1.88. The summed E-state index contributed by atoms with van der Waals surface area (Å²) in [6.45, 7) is 0. The third-order valence-corrected chi connectivity index (χ3v) is 13.6. The Morgan fingerprint density at radius 2 is 0.750 bits per heavy atom. The SMILES string of the molecule is C1=CC=C(N(c2ccccc2)c2ccc3c(c2)c2cc(N(c4ccccc4)c4ccccc4)ccc2n3-c2c3ccccc3c(-c3nc(-c4ccccc4)nc(-c4ccccc4)n3)c3ccccc23)CC=C1. The second-order valence-electron chi connectivity index (χ2n) is 17.9. The molecule has 72 heavy (non-hydrogen) atoms. The molecule has 2 heterocycles. The van der Waals surface area contributed by atoms with Crippen LogP contribution in [0.25, 0.3) is 83.2 Å². The summed E-state index contributed by atoms with van der Waals surface area (Å²) in [6, 6.07) is 83.8. The van der Waals surface area contributed by atoms with Gasteiger partial charge in [0.05, 0.1) is 16.7 Å². The lowest BCUT2D eigenvalue weighted by atomic mass is 9.93. The van der Waals surface area contributed by atoms with E-state index in [1.54, 1.807) is 0 Å². The van der Waals surface area contributed by atoms with Gasteiger partial charge in [0.15, 0.2) is 17.5 Å². The van der Waals surface area contributed by atoms with Crippen molar-refractivity contribution in [2.45, 2.75) is 6.42 Å². The molecule has 0 amide bonds. The van der Waals surface area contributed by atoms with E-state index in [1.807, 2.05) is 36.4 Å². The van der Waals surface area contributed by atoms with Crippen LogP contribution < -0.4 is 9.80 Å². The van der Waals surface area contributed by atoms with Gasteiger partial charge in [-0.05, 0) is 89.6 Å². The lowest BCUT2D eigenvalue weighted by Crippen LogP contribution is -2.16. The van der Waals surface area contributed by atoms with Gasteiger partial charge in [-0.1, -0.05) is 188 Å². The molecule has 0 saturated carbocycles. The van der Waals surface area contributed by atoms with Crippen molar-refractivity contribution in [3.8, 4) is 39.9 Å². The molecule has 6 nitrogen and oxygen atoms in total. The topological polar surface area (TPSA) is 50.1 Å². The molecule has 10 aromatic carbocycles. The second-order valence-corrected chi connectivity index (χ2v) is 17.9. The largest absolute Gasteiger partial charge is 0.314 e. The molecule has 0 spiro atoms. The quantitative estimate of drug-likeness (QED) is 0.128. The molecule has 0 N–H and O–H groups in total. The molecule has 12 aromatic rings. The molecule has 13 rings (SSSR count). The molecule has 6 heteroatoms. The second kappa shape index (κ2) is 18.3. The smallest absolute Gasteiger partial charge is 0.165 e. The van der Waals surface area contributed by atoms with E-state index in [2.05, 4.69) is 245 Å². The fourth-order valence-corrected chi connectivity index (χ4v) is 10.4. The van der Waals surface area contributed by atoms with Crippen LogP contribution in [0, 0.1) is 0 Å². The maximum Gasteiger partial charge on any atom is 0.165 e. The van der Waals surface area contributed by atoms with Crippen molar-refractivity contribution < 1.29 is 0 Å². The van der Waals surface area contributed by atoms with Crippen molar-refractivity contribution in [2.24, 2.45) is 0 Å². The number of rotatable bonds is 10. The Balaban J connectivity index is 1.10. The zero-order valence-electron chi connectivity index (χ0n) is 39.3. The van der Waals surface area contributed by atoms with Crippen LogP contribution in [0.2, 0.25) is 0 Å². The first-order chi connectivity index (χ1) is 35.7. The molecule has 0 fully saturated rings. The number of hydrogen-bond donors (Lipinski definition) is 0. The van der Waals surface area contributed by atoms with E-state index in [0.29, 0.717) is 17.5 Å². The Bertz CT molecular complexity index is 3900. The molecule has 0 unspecified atom stereocenters. The summed E-state index contributed by atoms with van der Waals surface area (Å²) in [5, 5.41) is 6.55. The van der Waals surface area contributed by atoms with Gasteiger partial charge < -0.3 is 14.4 Å². The molecule has 0 radical (unpaired) electrons. The Hall–Kier alpha value is -9.65. The van der Waals surface area contributed by atoms with E-state index in [1.165, 1.54) is 5.70 Å². The van der Waals surface area contributed by atoms with Crippen molar-refractivity contribution in [3.05, 3.63) is 273 Å². The van der Waals surface area contributed by atoms with E-state index in [9.17, 15) is 0 Å². The number of nitrogens with zero attached hydrogens (tertiary/aromatic N) is 6. The summed E-state index contributed by atoms with van der Waals surface area (Å²) in [7, 11) is 0. The number of aromatic nitrogens is 4. The molecular formula is C66H46N6. The molecular weight excluding hydrogens is 877 g/mol. The molecule has 0 saturated heterocycles. The van der Waals surface area contributed by atoms with Crippen molar-refractivity contribution in [2.75, 3.05) is 9.80 Å². The fraction of sp³-hybridized carbons (Fsp3) is 0.0152. The van der Waals surface area contributed by atoms with Crippen LogP contribution in [0.4, 0.5) is 28.4 Å². The highest BCUT2D eigenvalue weighted by Gasteiger charge is 2.25. The lowest BCUT2D eigenvalue weighted by molar-refractivity contribution is 1.08. The highest BCUT2D eigenvalue weighted by atomic mass is 15.2. The van der Waals surface area contributed by atoms with Gasteiger partial charge in [0.25, 0.3) is 0 Å². The van der Waals surface area contributed by atoms with Gasteiger partial charge in [0.1, 0.15) is 0 Å². The zero-order chi connectivity index (χ0) is 47.8. The number of anilines is 5. The van der Waals surface area contributed by atoms with Gasteiger partial charge in [0.2, 0.25) is 0 Å². The normalized spacial score (nSPS) is 12.4. The third-order valence-electron chi connectivity index (χ3n) is 13.6. The summed E-state index contributed by atoms with van der Waals surface area (Å²) in [6.07, 6.45) is 11.6.